The zero-order chi connectivity index (χ0) is 8.97. The van der Waals surface area contributed by atoms with E-state index in [1.807, 2.05) is 37.3 Å². The standard InChI is InChI=1S/C9H11N3/c1-11-12(2)9-5-3-4-8(6-9)7-10/h3-6,11H,1-2H3. The van der Waals surface area contributed by atoms with Gasteiger partial charge >= 0.3 is 0 Å². The van der Waals surface area contributed by atoms with Gasteiger partial charge in [-0.25, -0.2) is 5.43 Å². The summed E-state index contributed by atoms with van der Waals surface area (Å²) in [7, 11) is 3.73. The van der Waals surface area contributed by atoms with Crippen LogP contribution in [0.3, 0.4) is 0 Å². The normalized spacial score (nSPS) is 9.08. The third kappa shape index (κ3) is 1.74. The number of nitrogens with one attached hydrogen (secondary N) is 1. The lowest BCUT2D eigenvalue weighted by Gasteiger charge is -2.17. The minimum absolute atomic E-state index is 0.676. The Balaban J connectivity index is 2.95. The minimum Gasteiger partial charge on any atom is -0.312 e. The maximum absolute atomic E-state index is 8.63. The second-order valence-electron chi connectivity index (χ2n) is 2.44. The predicted octanol–water partition coefficient (Wildman–Crippen LogP) is 1.13. The van der Waals surface area contributed by atoms with Crippen LogP contribution in [0.4, 0.5) is 5.69 Å². The molecule has 0 heterocycles. The molecule has 0 radical (unpaired) electrons. The van der Waals surface area contributed by atoms with Crippen LogP contribution >= 0.6 is 0 Å². The molecular formula is C9H11N3. The molecule has 0 saturated carbocycles. The summed E-state index contributed by atoms with van der Waals surface area (Å²) in [5.41, 5.74) is 4.61. The number of hydrazine groups is 1. The van der Waals surface area contributed by atoms with Gasteiger partial charge in [0.2, 0.25) is 0 Å². The zero-order valence-corrected chi connectivity index (χ0v) is 7.20. The molecule has 1 aromatic carbocycles. The summed E-state index contributed by atoms with van der Waals surface area (Å²) in [5.74, 6) is 0. The molecule has 0 atom stereocenters. The molecule has 0 saturated heterocycles. The van der Waals surface area contributed by atoms with Crippen LogP contribution in [-0.2, 0) is 0 Å². The van der Waals surface area contributed by atoms with E-state index in [9.17, 15) is 0 Å². The lowest BCUT2D eigenvalue weighted by atomic mass is 10.2. The van der Waals surface area contributed by atoms with Crippen molar-refractivity contribution in [3.05, 3.63) is 29.8 Å². The first-order chi connectivity index (χ1) is 5.77. The van der Waals surface area contributed by atoms with E-state index < -0.39 is 0 Å². The van der Waals surface area contributed by atoms with E-state index in [1.54, 1.807) is 6.07 Å². The Morgan fingerprint density at radius 1 is 1.50 bits per heavy atom. The van der Waals surface area contributed by atoms with Crippen LogP contribution in [0.2, 0.25) is 0 Å². The van der Waals surface area contributed by atoms with Crippen LogP contribution in [0.1, 0.15) is 5.56 Å². The smallest absolute Gasteiger partial charge is 0.0992 e. The molecule has 0 aliphatic carbocycles. The highest BCUT2D eigenvalue weighted by Gasteiger charge is 1.97. The summed E-state index contributed by atoms with van der Waals surface area (Å²) < 4.78 is 0. The van der Waals surface area contributed by atoms with Crippen molar-refractivity contribution < 1.29 is 0 Å². The SMILES string of the molecule is CNN(C)c1cccc(C#N)c1. The molecular weight excluding hydrogens is 150 g/mol. The molecule has 0 aliphatic heterocycles. The van der Waals surface area contributed by atoms with Crippen molar-refractivity contribution in [3.8, 4) is 6.07 Å². The van der Waals surface area contributed by atoms with Crippen LogP contribution in [-0.4, -0.2) is 14.1 Å². The number of nitriles is 1. The maximum atomic E-state index is 8.63. The highest BCUT2D eigenvalue weighted by Crippen LogP contribution is 2.11. The van der Waals surface area contributed by atoms with Gasteiger partial charge in [-0.15, -0.1) is 0 Å². The molecule has 0 bridgehead atoms. The van der Waals surface area contributed by atoms with E-state index in [2.05, 4.69) is 11.5 Å². The van der Waals surface area contributed by atoms with Crippen molar-refractivity contribution >= 4 is 5.69 Å². The Morgan fingerprint density at radius 2 is 2.25 bits per heavy atom. The Kier molecular flexibility index (Phi) is 2.67. The molecule has 0 fully saturated rings. The van der Waals surface area contributed by atoms with E-state index >= 15 is 0 Å². The van der Waals surface area contributed by atoms with Crippen LogP contribution in [0.25, 0.3) is 0 Å². The average Bonchev–Trinajstić information content (AvgIpc) is 2.17. The first-order valence-electron chi connectivity index (χ1n) is 3.69. The molecule has 0 amide bonds. The highest BCUT2D eigenvalue weighted by molar-refractivity contribution is 5.49. The molecule has 62 valence electrons. The van der Waals surface area contributed by atoms with Crippen molar-refractivity contribution in [1.29, 1.82) is 5.26 Å². The monoisotopic (exact) mass is 161 g/mol. The van der Waals surface area contributed by atoms with Crippen molar-refractivity contribution in [2.45, 2.75) is 0 Å². The number of nitrogens with zero attached hydrogens (tertiary/aromatic N) is 2. The fraction of sp³-hybridized carbons (Fsp3) is 0.222. The van der Waals surface area contributed by atoms with Gasteiger partial charge < -0.3 is 5.01 Å². The van der Waals surface area contributed by atoms with Crippen molar-refractivity contribution in [3.63, 3.8) is 0 Å². The zero-order valence-electron chi connectivity index (χ0n) is 7.20. The van der Waals surface area contributed by atoms with Crippen LogP contribution in [0.5, 0.6) is 0 Å². The number of rotatable bonds is 2. The summed E-state index contributed by atoms with van der Waals surface area (Å²) in [6, 6.07) is 9.51. The molecule has 3 nitrogen and oxygen atoms in total. The highest BCUT2D eigenvalue weighted by atomic mass is 15.5. The van der Waals surface area contributed by atoms with Gasteiger partial charge in [-0.3, -0.25) is 0 Å². The van der Waals surface area contributed by atoms with Gasteiger partial charge in [-0.2, -0.15) is 5.26 Å². The van der Waals surface area contributed by atoms with E-state index in [-0.39, 0.29) is 0 Å². The van der Waals surface area contributed by atoms with E-state index in [4.69, 9.17) is 5.26 Å². The molecule has 0 unspecified atom stereocenters. The van der Waals surface area contributed by atoms with Gasteiger partial charge in [0.1, 0.15) is 0 Å². The fourth-order valence-electron chi connectivity index (χ4n) is 0.913. The Labute approximate surface area is 72.2 Å². The van der Waals surface area contributed by atoms with E-state index in [1.165, 1.54) is 0 Å². The van der Waals surface area contributed by atoms with E-state index in [0.717, 1.165) is 5.69 Å². The Morgan fingerprint density at radius 3 is 2.83 bits per heavy atom. The fourth-order valence-corrected chi connectivity index (χ4v) is 0.913. The number of benzene rings is 1. The van der Waals surface area contributed by atoms with Crippen molar-refractivity contribution in [1.82, 2.24) is 5.43 Å². The molecule has 0 spiro atoms. The number of anilines is 1. The van der Waals surface area contributed by atoms with Gasteiger partial charge in [-0.05, 0) is 18.2 Å². The molecule has 0 aromatic heterocycles. The lowest BCUT2D eigenvalue weighted by Crippen LogP contribution is -2.30. The summed E-state index contributed by atoms with van der Waals surface area (Å²) in [4.78, 5) is 0. The Bertz CT molecular complexity index is 301. The number of hydrogen-bond donors (Lipinski definition) is 1. The topological polar surface area (TPSA) is 39.1 Å². The van der Waals surface area contributed by atoms with E-state index in [0.29, 0.717) is 5.56 Å². The molecule has 1 rings (SSSR count). The Hall–Kier alpha value is -1.53. The summed E-state index contributed by atoms with van der Waals surface area (Å²) in [5, 5.41) is 10.5. The summed E-state index contributed by atoms with van der Waals surface area (Å²) in [6.07, 6.45) is 0. The van der Waals surface area contributed by atoms with Gasteiger partial charge in [0.15, 0.2) is 0 Å². The number of hydrogen-bond acceptors (Lipinski definition) is 3. The van der Waals surface area contributed by atoms with Crippen molar-refractivity contribution in [2.75, 3.05) is 19.1 Å². The van der Waals surface area contributed by atoms with Crippen molar-refractivity contribution in [2.24, 2.45) is 0 Å². The summed E-state index contributed by atoms with van der Waals surface area (Å²) >= 11 is 0. The van der Waals surface area contributed by atoms with Gasteiger partial charge in [0.05, 0.1) is 17.3 Å². The second kappa shape index (κ2) is 3.74. The summed E-state index contributed by atoms with van der Waals surface area (Å²) in [6.45, 7) is 0. The molecule has 3 heteroatoms. The van der Waals surface area contributed by atoms with Crippen LogP contribution in [0.15, 0.2) is 24.3 Å². The van der Waals surface area contributed by atoms with Gasteiger partial charge in [-0.1, -0.05) is 6.07 Å². The molecule has 1 N–H and O–H groups in total. The van der Waals surface area contributed by atoms with Gasteiger partial charge in [0, 0.05) is 14.1 Å². The van der Waals surface area contributed by atoms with Crippen LogP contribution in [0, 0.1) is 11.3 Å². The van der Waals surface area contributed by atoms with Crippen LogP contribution < -0.4 is 10.4 Å². The third-order valence-corrected chi connectivity index (χ3v) is 1.70. The molecule has 0 aliphatic rings. The quantitative estimate of drug-likeness (QED) is 0.661. The average molecular weight is 161 g/mol. The van der Waals surface area contributed by atoms with Gasteiger partial charge in [0.25, 0.3) is 0 Å². The maximum Gasteiger partial charge on any atom is 0.0992 e. The minimum atomic E-state index is 0.676. The predicted molar refractivity (Wildman–Crippen MR) is 48.6 cm³/mol. The molecule has 1 aromatic rings. The largest absolute Gasteiger partial charge is 0.312 e. The molecule has 12 heavy (non-hydrogen) atoms. The first-order valence-corrected chi connectivity index (χ1v) is 3.69. The lowest BCUT2D eigenvalue weighted by molar-refractivity contribution is 0.791. The first kappa shape index (κ1) is 8.57. The third-order valence-electron chi connectivity index (χ3n) is 1.70. The second-order valence-corrected chi connectivity index (χ2v) is 2.44.